The fraction of sp³-hybridized carbons (Fsp3) is 1.00. The summed E-state index contributed by atoms with van der Waals surface area (Å²) in [5.74, 6) is 0. The third kappa shape index (κ3) is 9.63. The van der Waals surface area contributed by atoms with Gasteiger partial charge in [-0.05, 0) is 32.9 Å². The zero-order chi connectivity index (χ0) is 10.3. The van der Waals surface area contributed by atoms with Crippen LogP contribution in [0, 0.1) is 0 Å². The normalized spacial score (nSPS) is 14.5. The Kier molecular flexibility index (Phi) is 6.07. The maximum atomic E-state index is 11.8. The molecule has 3 N–H and O–H groups in total. The minimum atomic E-state index is -4.07. The van der Waals surface area contributed by atoms with E-state index in [0.717, 1.165) is 12.8 Å². The average Bonchev–Trinajstić information content (AvgIpc) is 1.94. The van der Waals surface area contributed by atoms with Crippen molar-refractivity contribution in [1.29, 1.82) is 0 Å². The van der Waals surface area contributed by atoms with E-state index in [1.807, 2.05) is 0 Å². The standard InChI is InChI=1S/C8H17F3N2/c1-7(6-8(9,10)11)13-5-3-2-4-12/h7,13H,2-6,12H2,1H3. The monoisotopic (exact) mass is 198 g/mol. The van der Waals surface area contributed by atoms with Crippen molar-refractivity contribution in [2.75, 3.05) is 13.1 Å². The number of rotatable bonds is 6. The van der Waals surface area contributed by atoms with Gasteiger partial charge in [0.2, 0.25) is 0 Å². The van der Waals surface area contributed by atoms with Crippen molar-refractivity contribution in [3.63, 3.8) is 0 Å². The average molecular weight is 198 g/mol. The van der Waals surface area contributed by atoms with Gasteiger partial charge in [-0.3, -0.25) is 0 Å². The van der Waals surface area contributed by atoms with Gasteiger partial charge in [0.05, 0.1) is 6.42 Å². The van der Waals surface area contributed by atoms with Crippen LogP contribution in [0.25, 0.3) is 0 Å². The zero-order valence-electron chi connectivity index (χ0n) is 7.82. The molecule has 0 aromatic rings. The lowest BCUT2D eigenvalue weighted by atomic mass is 10.2. The molecule has 5 heteroatoms. The molecule has 13 heavy (non-hydrogen) atoms. The predicted octanol–water partition coefficient (Wildman–Crippen LogP) is 1.66. The molecule has 80 valence electrons. The number of nitrogens with one attached hydrogen (secondary N) is 1. The van der Waals surface area contributed by atoms with Crippen LogP contribution >= 0.6 is 0 Å². The van der Waals surface area contributed by atoms with Crippen LogP contribution < -0.4 is 11.1 Å². The van der Waals surface area contributed by atoms with Gasteiger partial charge in [0, 0.05) is 6.04 Å². The van der Waals surface area contributed by atoms with E-state index in [0.29, 0.717) is 13.1 Å². The maximum absolute atomic E-state index is 11.8. The van der Waals surface area contributed by atoms with Crippen LogP contribution in [0.4, 0.5) is 13.2 Å². The number of alkyl halides is 3. The molecule has 1 unspecified atom stereocenters. The van der Waals surface area contributed by atoms with E-state index in [2.05, 4.69) is 5.32 Å². The first-order valence-electron chi connectivity index (χ1n) is 4.46. The molecular weight excluding hydrogens is 181 g/mol. The first kappa shape index (κ1) is 12.7. The molecule has 0 aromatic heterocycles. The molecule has 0 fully saturated rings. The number of hydrogen-bond acceptors (Lipinski definition) is 2. The van der Waals surface area contributed by atoms with Crippen molar-refractivity contribution >= 4 is 0 Å². The molecule has 0 aromatic carbocycles. The van der Waals surface area contributed by atoms with Gasteiger partial charge in [0.1, 0.15) is 0 Å². The highest BCUT2D eigenvalue weighted by Crippen LogP contribution is 2.21. The van der Waals surface area contributed by atoms with Crippen molar-refractivity contribution in [2.24, 2.45) is 5.73 Å². The van der Waals surface area contributed by atoms with Crippen LogP contribution in [0.15, 0.2) is 0 Å². The summed E-state index contributed by atoms with van der Waals surface area (Å²) in [5.41, 5.74) is 5.24. The van der Waals surface area contributed by atoms with E-state index in [1.54, 1.807) is 0 Å². The van der Waals surface area contributed by atoms with Crippen molar-refractivity contribution in [1.82, 2.24) is 5.32 Å². The Hall–Kier alpha value is -0.290. The van der Waals surface area contributed by atoms with Crippen LogP contribution in [0.2, 0.25) is 0 Å². The second-order valence-corrected chi connectivity index (χ2v) is 3.17. The molecule has 1 atom stereocenters. The molecule has 0 rings (SSSR count). The summed E-state index contributed by atoms with van der Waals surface area (Å²) in [7, 11) is 0. The maximum Gasteiger partial charge on any atom is 0.390 e. The van der Waals surface area contributed by atoms with Gasteiger partial charge in [-0.1, -0.05) is 0 Å². The Labute approximate surface area is 76.7 Å². The topological polar surface area (TPSA) is 38.0 Å². The van der Waals surface area contributed by atoms with E-state index < -0.39 is 18.6 Å². The lowest BCUT2D eigenvalue weighted by Crippen LogP contribution is -2.32. The molecule has 0 saturated heterocycles. The van der Waals surface area contributed by atoms with Crippen molar-refractivity contribution in [2.45, 2.75) is 38.4 Å². The highest BCUT2D eigenvalue weighted by molar-refractivity contribution is 4.65. The van der Waals surface area contributed by atoms with E-state index >= 15 is 0 Å². The predicted molar refractivity (Wildman–Crippen MR) is 46.4 cm³/mol. The lowest BCUT2D eigenvalue weighted by molar-refractivity contribution is -0.139. The SMILES string of the molecule is CC(CC(F)(F)F)NCCCCN. The zero-order valence-corrected chi connectivity index (χ0v) is 7.82. The molecule has 0 aliphatic carbocycles. The van der Waals surface area contributed by atoms with E-state index in [4.69, 9.17) is 5.73 Å². The first-order chi connectivity index (χ1) is 5.95. The first-order valence-corrected chi connectivity index (χ1v) is 4.46. The molecule has 0 spiro atoms. The minimum absolute atomic E-state index is 0.502. The fourth-order valence-electron chi connectivity index (χ4n) is 1.04. The van der Waals surface area contributed by atoms with Gasteiger partial charge in [-0.25, -0.2) is 0 Å². The molecule has 0 aliphatic rings. The summed E-state index contributed by atoms with van der Waals surface area (Å²) in [6, 6.07) is -0.502. The molecule has 0 radical (unpaired) electrons. The third-order valence-electron chi connectivity index (χ3n) is 1.66. The summed E-state index contributed by atoms with van der Waals surface area (Å²) in [4.78, 5) is 0. The molecule has 2 nitrogen and oxygen atoms in total. The van der Waals surface area contributed by atoms with Gasteiger partial charge in [-0.15, -0.1) is 0 Å². The summed E-state index contributed by atoms with van der Waals surface area (Å²) < 4.78 is 35.5. The Morgan fingerprint density at radius 3 is 2.38 bits per heavy atom. The summed E-state index contributed by atoms with van der Waals surface area (Å²) >= 11 is 0. The van der Waals surface area contributed by atoms with Crippen molar-refractivity contribution in [3.05, 3.63) is 0 Å². The van der Waals surface area contributed by atoms with E-state index in [1.165, 1.54) is 6.92 Å². The molecule has 0 aliphatic heterocycles. The molecule has 0 saturated carbocycles. The molecule has 0 bridgehead atoms. The van der Waals surface area contributed by atoms with Crippen molar-refractivity contribution in [3.8, 4) is 0 Å². The third-order valence-corrected chi connectivity index (χ3v) is 1.66. The van der Waals surface area contributed by atoms with Crippen LogP contribution in [0.1, 0.15) is 26.2 Å². The largest absolute Gasteiger partial charge is 0.390 e. The highest BCUT2D eigenvalue weighted by Gasteiger charge is 2.29. The Morgan fingerprint density at radius 1 is 1.31 bits per heavy atom. The number of unbranched alkanes of at least 4 members (excludes halogenated alkanes) is 1. The smallest absolute Gasteiger partial charge is 0.330 e. The van der Waals surface area contributed by atoms with Gasteiger partial charge in [-0.2, -0.15) is 13.2 Å². The Morgan fingerprint density at radius 2 is 1.92 bits per heavy atom. The van der Waals surface area contributed by atoms with Gasteiger partial charge >= 0.3 is 6.18 Å². The van der Waals surface area contributed by atoms with E-state index in [9.17, 15) is 13.2 Å². The number of nitrogens with two attached hydrogens (primary N) is 1. The minimum Gasteiger partial charge on any atom is -0.330 e. The van der Waals surface area contributed by atoms with Gasteiger partial charge in [0.15, 0.2) is 0 Å². The second-order valence-electron chi connectivity index (χ2n) is 3.17. The molecule has 0 heterocycles. The fourth-order valence-corrected chi connectivity index (χ4v) is 1.04. The van der Waals surface area contributed by atoms with Crippen molar-refractivity contribution < 1.29 is 13.2 Å². The second kappa shape index (κ2) is 6.21. The quantitative estimate of drug-likeness (QED) is 0.637. The number of halogens is 3. The van der Waals surface area contributed by atoms with Gasteiger partial charge < -0.3 is 11.1 Å². The van der Waals surface area contributed by atoms with Crippen LogP contribution in [0.3, 0.4) is 0 Å². The highest BCUT2D eigenvalue weighted by atomic mass is 19.4. The Balaban J connectivity index is 3.35. The summed E-state index contributed by atoms with van der Waals surface area (Å²) in [6.45, 7) is 2.74. The van der Waals surface area contributed by atoms with Gasteiger partial charge in [0.25, 0.3) is 0 Å². The molecular formula is C8H17F3N2. The summed E-state index contributed by atoms with van der Waals surface area (Å²) in [6.07, 6.45) is -3.15. The number of hydrogen-bond donors (Lipinski definition) is 2. The van der Waals surface area contributed by atoms with Crippen LogP contribution in [-0.4, -0.2) is 25.3 Å². The van der Waals surface area contributed by atoms with Crippen LogP contribution in [0.5, 0.6) is 0 Å². The Bertz CT molecular complexity index is 125. The van der Waals surface area contributed by atoms with E-state index in [-0.39, 0.29) is 0 Å². The summed E-state index contributed by atoms with van der Waals surface area (Å²) in [5, 5.41) is 2.80. The van der Waals surface area contributed by atoms with Crippen LogP contribution in [-0.2, 0) is 0 Å². The lowest BCUT2D eigenvalue weighted by Gasteiger charge is -2.15. The molecule has 0 amide bonds.